The molecule has 2 aliphatic rings. The van der Waals surface area contributed by atoms with E-state index >= 15 is 8.78 Å². The summed E-state index contributed by atoms with van der Waals surface area (Å²) in [5.74, 6) is 0.667. The molecule has 6 rings (SSSR count). The average Bonchev–Trinajstić information content (AvgIpc) is 3.83. The highest BCUT2D eigenvalue weighted by Crippen LogP contribution is 2.40. The van der Waals surface area contributed by atoms with Crippen molar-refractivity contribution < 1.29 is 56.4 Å². The van der Waals surface area contributed by atoms with Crippen LogP contribution in [-0.4, -0.2) is 122 Å². The number of aliphatic hydroxyl groups is 2. The van der Waals surface area contributed by atoms with Gasteiger partial charge in [-0.1, -0.05) is 12.2 Å². The Morgan fingerprint density at radius 1 is 0.750 bits per heavy atom. The number of imidazole rings is 2. The van der Waals surface area contributed by atoms with E-state index in [-0.39, 0.29) is 24.4 Å². The smallest absolute Gasteiger partial charge is 0.394 e. The molecular weight excluding hydrogens is 688 g/mol. The number of ether oxygens (including phenoxy) is 2. The van der Waals surface area contributed by atoms with Crippen LogP contribution >= 0.6 is 16.5 Å². The zero-order valence-corrected chi connectivity index (χ0v) is 26.2. The number of aromatic nitrogens is 8. The molecule has 24 heteroatoms. The van der Waals surface area contributed by atoms with Crippen molar-refractivity contribution in [1.29, 1.82) is 0 Å². The summed E-state index contributed by atoms with van der Waals surface area (Å²) in [5, 5.41) is 25.2. The van der Waals surface area contributed by atoms with E-state index in [2.05, 4.69) is 40.5 Å². The van der Waals surface area contributed by atoms with Crippen LogP contribution in [0.4, 0.5) is 20.4 Å². The van der Waals surface area contributed by atoms with Crippen LogP contribution in [0.3, 0.4) is 0 Å². The van der Waals surface area contributed by atoms with Crippen LogP contribution in [0.25, 0.3) is 22.3 Å². The first-order valence-corrected chi connectivity index (χ1v) is 16.4. The second-order valence-corrected chi connectivity index (χ2v) is 11.7. The Labute approximate surface area is 269 Å². The van der Waals surface area contributed by atoms with Gasteiger partial charge in [0, 0.05) is 22.2 Å². The Morgan fingerprint density at radius 2 is 1.17 bits per heavy atom. The lowest BCUT2D eigenvalue weighted by atomic mass is 10.1. The van der Waals surface area contributed by atoms with Gasteiger partial charge in [0.25, 0.3) is 0 Å². The molecule has 6 N–H and O–H groups in total. The van der Waals surface area contributed by atoms with Crippen LogP contribution in [0, 0.1) is 0 Å². The summed E-state index contributed by atoms with van der Waals surface area (Å²) in [7, 11) is -6.27. The number of aliphatic hydroxyl groups excluding tert-OH is 2. The van der Waals surface area contributed by atoms with E-state index in [1.165, 1.54) is 34.4 Å². The van der Waals surface area contributed by atoms with Gasteiger partial charge in [0.1, 0.15) is 24.9 Å². The number of nitrogens with one attached hydrogen (secondary N) is 2. The summed E-state index contributed by atoms with van der Waals surface area (Å²) >= 11 is 0. The number of nitrogens with zero attached hydrogens (tertiary/aromatic N) is 8. The van der Waals surface area contributed by atoms with Crippen molar-refractivity contribution >= 4 is 50.5 Å². The van der Waals surface area contributed by atoms with Crippen molar-refractivity contribution in [1.82, 2.24) is 39.0 Å². The maximum atomic E-state index is 15.2. The van der Waals surface area contributed by atoms with Gasteiger partial charge in [-0.05, 0) is 0 Å². The van der Waals surface area contributed by atoms with Crippen LogP contribution in [0.1, 0.15) is 12.5 Å². The Bertz CT molecular complexity index is 1690. The van der Waals surface area contributed by atoms with Crippen LogP contribution < -0.4 is 10.6 Å². The van der Waals surface area contributed by atoms with E-state index in [0.717, 1.165) is 0 Å². The van der Waals surface area contributed by atoms with E-state index in [1.807, 2.05) is 0 Å². The zero-order valence-electron chi connectivity index (χ0n) is 24.4. The second kappa shape index (κ2) is 14.7. The van der Waals surface area contributed by atoms with E-state index in [0.29, 0.717) is 22.7 Å². The lowest BCUT2D eigenvalue weighted by molar-refractivity contribution is -0.0436. The minimum absolute atomic E-state index is 0.213. The molecule has 2 aliphatic heterocycles. The minimum Gasteiger partial charge on any atom is -0.394 e. The number of rotatable bonds is 14. The molecule has 0 saturated carbocycles. The zero-order chi connectivity index (χ0) is 33.9. The molecule has 6 heterocycles. The fourth-order valence-corrected chi connectivity index (χ4v) is 6.32. The van der Waals surface area contributed by atoms with Gasteiger partial charge in [0.2, 0.25) is 0 Å². The third-order valence-corrected chi connectivity index (χ3v) is 8.37. The highest BCUT2D eigenvalue weighted by Gasteiger charge is 2.52. The molecule has 0 amide bonds. The molecule has 0 bridgehead atoms. The van der Waals surface area contributed by atoms with Crippen molar-refractivity contribution in [3.8, 4) is 0 Å². The Morgan fingerprint density at radius 3 is 1.54 bits per heavy atom. The minimum atomic E-state index is -3.13. The summed E-state index contributed by atoms with van der Waals surface area (Å²) in [4.78, 5) is 43.4. The molecule has 4 aromatic rings. The number of halogens is 2. The van der Waals surface area contributed by atoms with Gasteiger partial charge in [-0.15, -0.1) is 18.8 Å². The van der Waals surface area contributed by atoms with Crippen molar-refractivity contribution in [3.63, 3.8) is 0 Å². The van der Waals surface area contributed by atoms with Crippen molar-refractivity contribution in [2.75, 3.05) is 36.9 Å². The van der Waals surface area contributed by atoms with Crippen LogP contribution in [0.5, 0.6) is 0 Å². The monoisotopic (exact) mass is 716 g/mol. The molecule has 2 saturated heterocycles. The molecule has 0 aliphatic carbocycles. The van der Waals surface area contributed by atoms with Gasteiger partial charge in [-0.25, -0.2) is 38.7 Å². The first kappa shape index (κ1) is 34.1. The van der Waals surface area contributed by atoms with Crippen molar-refractivity contribution in [2.24, 2.45) is 0 Å². The quantitative estimate of drug-likeness (QED) is 0.0769. The number of fused-ring (bicyclic) bond motifs is 2. The third kappa shape index (κ3) is 6.72. The topological polar surface area (TPSA) is 263 Å². The first-order valence-electron chi connectivity index (χ1n) is 14.2. The molecular formula is C24H28F2N10O10P2+2. The van der Waals surface area contributed by atoms with Crippen LogP contribution in [0.2, 0.25) is 0 Å². The predicted molar refractivity (Wildman–Crippen MR) is 158 cm³/mol. The molecule has 256 valence electrons. The summed E-state index contributed by atoms with van der Waals surface area (Å²) in [5.41, 5.74) is 1.02. The number of alkyl halides is 2. The molecule has 20 nitrogen and oxygen atoms in total. The number of hydrogen-bond donors (Lipinski definition) is 6. The molecule has 4 aromatic heterocycles. The maximum Gasteiger partial charge on any atom is 0.695 e. The summed E-state index contributed by atoms with van der Waals surface area (Å²) in [6.07, 6.45) is -3.18. The lowest BCUT2D eigenvalue weighted by Gasteiger charge is -2.15. The Balaban J connectivity index is 1.07. The van der Waals surface area contributed by atoms with Gasteiger partial charge in [-0.2, -0.15) is 0 Å². The Kier molecular flexibility index (Phi) is 10.5. The number of anilines is 2. The van der Waals surface area contributed by atoms with E-state index in [4.69, 9.17) is 28.3 Å². The summed E-state index contributed by atoms with van der Waals surface area (Å²) < 4.78 is 75.7. The van der Waals surface area contributed by atoms with E-state index in [9.17, 15) is 19.3 Å². The van der Waals surface area contributed by atoms with Crippen LogP contribution in [0.15, 0.2) is 37.5 Å². The van der Waals surface area contributed by atoms with E-state index in [1.54, 1.807) is 12.2 Å². The van der Waals surface area contributed by atoms with Gasteiger partial charge in [0.05, 0.1) is 25.9 Å². The maximum absolute atomic E-state index is 15.2. The Hall–Kier alpha value is -3.82. The van der Waals surface area contributed by atoms with Gasteiger partial charge >= 0.3 is 16.5 Å². The van der Waals surface area contributed by atoms with Gasteiger partial charge in [0.15, 0.2) is 71.0 Å². The fraction of sp³-hybridized carbons (Fsp3) is 0.500. The average molecular weight is 716 g/mol. The van der Waals surface area contributed by atoms with Gasteiger partial charge in [-0.3, -0.25) is 9.13 Å². The van der Waals surface area contributed by atoms with Crippen molar-refractivity contribution in [2.45, 2.75) is 49.2 Å². The molecule has 0 radical (unpaired) electrons. The summed E-state index contributed by atoms with van der Waals surface area (Å²) in [6, 6.07) is 0. The van der Waals surface area contributed by atoms with E-state index < -0.39 is 78.9 Å². The highest BCUT2D eigenvalue weighted by atomic mass is 31.1. The molecule has 10 atom stereocenters. The molecule has 3 unspecified atom stereocenters. The van der Waals surface area contributed by atoms with Gasteiger partial charge < -0.3 is 30.3 Å². The van der Waals surface area contributed by atoms with Crippen LogP contribution in [-0.2, 0) is 27.7 Å². The lowest BCUT2D eigenvalue weighted by Crippen LogP contribution is -2.32. The SMILES string of the molecule is O=[P+](O)O[C@@H]1[C@@H](CO)OC(n2cnc3c(NC/C=C/CNc4ncnc5c4ncn5[C@@H]4O[C@H](CO)[C@@H](O[P+](=O)O)[C@H]4F)ncnc32)[C@@H]1F. The molecule has 0 aromatic carbocycles. The third-order valence-electron chi connectivity index (χ3n) is 7.52. The molecule has 48 heavy (non-hydrogen) atoms. The standard InChI is InChI=1S/C24H26F2N10O10P2/c25-13-17(45-47(39)40)11(5-37)43-23(13)35-9-33-15-19(29-7-31-21(15)35)27-3-1-2-4-28-20-16-22(32-8-30-20)36(10-34-16)24-14(26)18(46-48(41)42)12(6-38)44-24/h1-2,7-14,17-18,23-24,37-38H,3-6H2,(H2-2,27,28,29,30,31,32,39,40,41,42)/p+2/b2-1+/t11-,12-,13-,14-,17-,18-,23-,24?/m1/s1. The second-order valence-electron chi connectivity index (χ2n) is 10.3. The highest BCUT2D eigenvalue weighted by molar-refractivity contribution is 7.32. The largest absolute Gasteiger partial charge is 0.695 e. The molecule has 2 fully saturated rings. The number of hydrogen-bond acceptors (Lipinski definition) is 16. The fourth-order valence-electron chi connectivity index (χ4n) is 5.40. The van der Waals surface area contributed by atoms with Crippen molar-refractivity contribution in [3.05, 3.63) is 37.5 Å². The predicted octanol–water partition coefficient (Wildman–Crippen LogP) is 0.572. The first-order chi connectivity index (χ1) is 23.2. The molecule has 0 spiro atoms. The summed E-state index contributed by atoms with van der Waals surface area (Å²) in [6.45, 7) is -0.699. The normalized spacial score (nSPS) is 28.1.